The molecular weight excluding hydrogens is 233 g/mol. The van der Waals surface area contributed by atoms with Crippen molar-refractivity contribution in [3.63, 3.8) is 0 Å². The van der Waals surface area contributed by atoms with E-state index in [0.717, 1.165) is 0 Å². The topological polar surface area (TPSA) is 80.2 Å². The molecule has 1 aliphatic heterocycles. The predicted molar refractivity (Wildman–Crippen MR) is 59.1 cm³/mol. The van der Waals surface area contributed by atoms with Crippen molar-refractivity contribution in [2.45, 2.75) is 13.8 Å². The quantitative estimate of drug-likeness (QED) is 0.721. The summed E-state index contributed by atoms with van der Waals surface area (Å²) in [5.74, 6) is 0.0241. The summed E-state index contributed by atoms with van der Waals surface area (Å²) in [4.78, 5) is 12.6. The van der Waals surface area contributed by atoms with E-state index in [2.05, 4.69) is 10.1 Å². The second-order valence-electron chi connectivity index (χ2n) is 3.13. The summed E-state index contributed by atoms with van der Waals surface area (Å²) in [5.41, 5.74) is 0. The highest BCUT2D eigenvalue weighted by atomic mass is 31.2. The Balaban J connectivity index is 2.85. The molecule has 1 fully saturated rings. The summed E-state index contributed by atoms with van der Waals surface area (Å²) in [6.07, 6.45) is 0. The van der Waals surface area contributed by atoms with Gasteiger partial charge in [0.1, 0.15) is 0 Å². The molecule has 0 atom stereocenters. The van der Waals surface area contributed by atoms with Crippen LogP contribution in [0, 0.1) is 0 Å². The lowest BCUT2D eigenvalue weighted by atomic mass is 10.6. The second-order valence-corrected chi connectivity index (χ2v) is 4.79. The lowest BCUT2D eigenvalue weighted by Gasteiger charge is -2.14. The number of likely N-dealkylation sites (N-methyl/N-ethyl adjacent to an activating group) is 1. The average Bonchev–Trinajstić information content (AvgIpc) is 2.45. The van der Waals surface area contributed by atoms with Crippen molar-refractivity contribution in [2.75, 3.05) is 26.8 Å². The van der Waals surface area contributed by atoms with Gasteiger partial charge in [-0.05, 0) is 13.8 Å². The Kier molecular flexibility index (Phi) is 4.46. The number of carbonyl (C=O) groups excluding carboxylic acids is 1. The third kappa shape index (κ3) is 3.30. The van der Waals surface area contributed by atoms with Gasteiger partial charge in [-0.25, -0.2) is 4.57 Å². The smallest absolute Gasteiger partial charge is 0.336 e. The number of nitrogens with one attached hydrogen (secondary N) is 1. The highest BCUT2D eigenvalue weighted by molar-refractivity contribution is 7.52. The van der Waals surface area contributed by atoms with Crippen LogP contribution in [-0.4, -0.2) is 43.6 Å². The molecule has 0 aromatic carbocycles. The van der Waals surface area contributed by atoms with Gasteiger partial charge < -0.3 is 4.90 Å². The number of rotatable bonds is 5. The summed E-state index contributed by atoms with van der Waals surface area (Å²) < 4.78 is 25.8. The number of hydrogen-bond acceptors (Lipinski definition) is 4. The van der Waals surface area contributed by atoms with Crippen molar-refractivity contribution in [3.8, 4) is 0 Å². The zero-order valence-corrected chi connectivity index (χ0v) is 10.5. The molecule has 92 valence electrons. The SMILES string of the molecule is CCOP(=O)(/N=C1/NC(=O)CN1C)OCC. The largest absolute Gasteiger partial charge is 0.457 e. The fraction of sp³-hybridized carbons (Fsp3) is 0.750. The van der Waals surface area contributed by atoms with Crippen molar-refractivity contribution < 1.29 is 18.4 Å². The molecule has 0 bridgehead atoms. The van der Waals surface area contributed by atoms with Crippen molar-refractivity contribution in [2.24, 2.45) is 4.76 Å². The van der Waals surface area contributed by atoms with Gasteiger partial charge in [0, 0.05) is 7.05 Å². The first-order valence-corrected chi connectivity index (χ1v) is 6.50. The van der Waals surface area contributed by atoms with E-state index in [1.54, 1.807) is 25.8 Å². The fourth-order valence-corrected chi connectivity index (χ4v) is 2.47. The first kappa shape index (κ1) is 13.2. The van der Waals surface area contributed by atoms with Crippen LogP contribution in [-0.2, 0) is 18.4 Å². The second kappa shape index (κ2) is 5.43. The Morgan fingerprint density at radius 1 is 1.44 bits per heavy atom. The molecule has 0 spiro atoms. The first-order chi connectivity index (χ1) is 7.50. The van der Waals surface area contributed by atoms with Crippen LogP contribution in [0.1, 0.15) is 13.8 Å². The Morgan fingerprint density at radius 2 is 2.00 bits per heavy atom. The lowest BCUT2D eigenvalue weighted by molar-refractivity contribution is -0.118. The third-order valence-electron chi connectivity index (χ3n) is 1.80. The van der Waals surface area contributed by atoms with Gasteiger partial charge >= 0.3 is 7.75 Å². The maximum atomic E-state index is 12.0. The van der Waals surface area contributed by atoms with Crippen molar-refractivity contribution in [3.05, 3.63) is 0 Å². The van der Waals surface area contributed by atoms with E-state index < -0.39 is 7.75 Å². The standard InChI is InChI=1S/C8H16N3O4P/c1-4-14-16(13,15-5-2)10-8-9-7(12)6-11(8)3/h4-6H2,1-3H3,(H,9,10,12,13). The summed E-state index contributed by atoms with van der Waals surface area (Å²) in [7, 11) is -1.84. The average molecular weight is 249 g/mol. The number of carbonyl (C=O) groups is 1. The highest BCUT2D eigenvalue weighted by Crippen LogP contribution is 2.49. The van der Waals surface area contributed by atoms with Gasteiger partial charge in [0.05, 0.1) is 19.8 Å². The minimum Gasteiger partial charge on any atom is -0.336 e. The van der Waals surface area contributed by atoms with Gasteiger partial charge in [0.25, 0.3) is 0 Å². The summed E-state index contributed by atoms with van der Waals surface area (Å²) >= 11 is 0. The van der Waals surface area contributed by atoms with Crippen LogP contribution >= 0.6 is 7.75 Å². The van der Waals surface area contributed by atoms with Crippen molar-refractivity contribution in [1.29, 1.82) is 0 Å². The molecule has 1 aliphatic rings. The van der Waals surface area contributed by atoms with E-state index >= 15 is 0 Å². The van der Waals surface area contributed by atoms with Crippen LogP contribution in [0.3, 0.4) is 0 Å². The zero-order chi connectivity index (χ0) is 12.2. The predicted octanol–water partition coefficient (Wildman–Crippen LogP) is 0.585. The molecule has 0 aromatic heterocycles. The number of hydrogen-bond donors (Lipinski definition) is 1. The van der Waals surface area contributed by atoms with E-state index in [4.69, 9.17) is 9.05 Å². The van der Waals surface area contributed by atoms with E-state index in [1.807, 2.05) is 0 Å². The molecule has 0 saturated carbocycles. The molecule has 0 aliphatic carbocycles. The molecule has 1 heterocycles. The van der Waals surface area contributed by atoms with Crippen LogP contribution in [0.15, 0.2) is 4.76 Å². The van der Waals surface area contributed by atoms with Crippen LogP contribution in [0.4, 0.5) is 0 Å². The molecule has 1 saturated heterocycles. The molecular formula is C8H16N3O4P. The molecule has 16 heavy (non-hydrogen) atoms. The Morgan fingerprint density at radius 3 is 2.38 bits per heavy atom. The number of nitrogens with zero attached hydrogens (tertiary/aromatic N) is 2. The minimum absolute atomic E-state index is 0.192. The molecule has 0 radical (unpaired) electrons. The molecule has 1 rings (SSSR count). The van der Waals surface area contributed by atoms with Crippen LogP contribution in [0.25, 0.3) is 0 Å². The van der Waals surface area contributed by atoms with E-state index in [9.17, 15) is 9.36 Å². The Hall–Kier alpha value is -0.910. The molecule has 1 N–H and O–H groups in total. The lowest BCUT2D eigenvalue weighted by Crippen LogP contribution is -2.27. The molecule has 1 amide bonds. The molecule has 8 heteroatoms. The molecule has 0 aromatic rings. The summed E-state index contributed by atoms with van der Waals surface area (Å²) in [6.45, 7) is 4.04. The van der Waals surface area contributed by atoms with E-state index in [0.29, 0.717) is 0 Å². The summed E-state index contributed by atoms with van der Waals surface area (Å²) in [5, 5.41) is 2.48. The maximum Gasteiger partial charge on any atom is 0.457 e. The zero-order valence-electron chi connectivity index (χ0n) is 9.60. The van der Waals surface area contributed by atoms with Crippen LogP contribution < -0.4 is 5.32 Å². The van der Waals surface area contributed by atoms with Gasteiger partial charge in [0.2, 0.25) is 11.9 Å². The van der Waals surface area contributed by atoms with Crippen LogP contribution in [0.2, 0.25) is 0 Å². The van der Waals surface area contributed by atoms with Crippen LogP contribution in [0.5, 0.6) is 0 Å². The van der Waals surface area contributed by atoms with Crippen molar-refractivity contribution in [1.82, 2.24) is 10.2 Å². The normalized spacial score (nSPS) is 19.3. The van der Waals surface area contributed by atoms with Gasteiger partial charge in [-0.1, -0.05) is 0 Å². The van der Waals surface area contributed by atoms with Gasteiger partial charge in [-0.2, -0.15) is 0 Å². The Bertz CT molecular complexity index is 334. The first-order valence-electron chi connectivity index (χ1n) is 5.01. The van der Waals surface area contributed by atoms with E-state index in [1.165, 1.54) is 0 Å². The molecule has 0 unspecified atom stereocenters. The number of guanidine groups is 1. The summed E-state index contributed by atoms with van der Waals surface area (Å²) in [6, 6.07) is 0. The highest BCUT2D eigenvalue weighted by Gasteiger charge is 2.29. The van der Waals surface area contributed by atoms with Crippen molar-refractivity contribution >= 4 is 19.6 Å². The fourth-order valence-electron chi connectivity index (χ4n) is 1.19. The Labute approximate surface area is 94.4 Å². The van der Waals surface area contributed by atoms with Gasteiger partial charge in [0.15, 0.2) is 0 Å². The van der Waals surface area contributed by atoms with Gasteiger partial charge in [-0.15, -0.1) is 4.76 Å². The number of amides is 1. The minimum atomic E-state index is -3.50. The molecule has 7 nitrogen and oxygen atoms in total. The monoisotopic (exact) mass is 249 g/mol. The van der Waals surface area contributed by atoms with Gasteiger partial charge in [-0.3, -0.25) is 19.2 Å². The maximum absolute atomic E-state index is 12.0. The van der Waals surface area contributed by atoms with E-state index in [-0.39, 0.29) is 31.6 Å². The third-order valence-corrected chi connectivity index (χ3v) is 3.40.